The first-order valence-corrected chi connectivity index (χ1v) is 12.1. The molecule has 5 aromatic carbocycles. The van der Waals surface area contributed by atoms with Gasteiger partial charge < -0.3 is 4.57 Å². The molecule has 2 heterocycles. The lowest BCUT2D eigenvalue weighted by atomic mass is 10.0. The molecule has 0 spiro atoms. The van der Waals surface area contributed by atoms with Gasteiger partial charge in [0.25, 0.3) is 0 Å². The van der Waals surface area contributed by atoms with Crippen LogP contribution < -0.4 is 0 Å². The van der Waals surface area contributed by atoms with E-state index < -0.39 is 0 Å². The van der Waals surface area contributed by atoms with Crippen molar-refractivity contribution in [2.75, 3.05) is 0 Å². The molecular formula is C31H21NS. The summed E-state index contributed by atoms with van der Waals surface area (Å²) < 4.78 is 5.09. The molecule has 0 bridgehead atoms. The van der Waals surface area contributed by atoms with Crippen LogP contribution in [0.3, 0.4) is 0 Å². The molecule has 0 N–H and O–H groups in total. The van der Waals surface area contributed by atoms with Crippen LogP contribution in [0.2, 0.25) is 0 Å². The SMILES string of the molecule is Cc1ccc2sc3cc(-n4c5ccccc5c5cc(-c6ccccc6)ccc54)ccc3c2c1. The number of hydrogen-bond acceptors (Lipinski definition) is 1. The Morgan fingerprint density at radius 3 is 2.24 bits per heavy atom. The minimum absolute atomic E-state index is 1.21. The van der Waals surface area contributed by atoms with Gasteiger partial charge in [-0.15, -0.1) is 11.3 Å². The fourth-order valence-electron chi connectivity index (χ4n) is 5.08. The Morgan fingerprint density at radius 1 is 0.515 bits per heavy atom. The highest BCUT2D eigenvalue weighted by molar-refractivity contribution is 7.25. The first-order chi connectivity index (χ1) is 16.3. The summed E-state index contributed by atoms with van der Waals surface area (Å²) in [5.41, 5.74) is 7.51. The van der Waals surface area contributed by atoms with Gasteiger partial charge in [-0.2, -0.15) is 0 Å². The molecule has 0 amide bonds. The maximum atomic E-state index is 2.41. The van der Waals surface area contributed by atoms with Gasteiger partial charge in [-0.3, -0.25) is 0 Å². The molecule has 0 saturated carbocycles. The smallest absolute Gasteiger partial charge is 0.0541 e. The van der Waals surface area contributed by atoms with Crippen molar-refractivity contribution in [3.05, 3.63) is 115 Å². The van der Waals surface area contributed by atoms with Crippen molar-refractivity contribution >= 4 is 53.3 Å². The van der Waals surface area contributed by atoms with Gasteiger partial charge in [0, 0.05) is 36.6 Å². The fraction of sp³-hybridized carbons (Fsp3) is 0.0323. The van der Waals surface area contributed by atoms with E-state index in [4.69, 9.17) is 0 Å². The Labute approximate surface area is 196 Å². The Bertz CT molecular complexity index is 1820. The third-order valence-corrected chi connectivity index (χ3v) is 7.78. The van der Waals surface area contributed by atoms with Crippen LogP contribution in [0.5, 0.6) is 0 Å². The monoisotopic (exact) mass is 439 g/mol. The molecule has 0 radical (unpaired) electrons. The number of aryl methyl sites for hydroxylation is 1. The number of aromatic nitrogens is 1. The van der Waals surface area contributed by atoms with E-state index in [0.29, 0.717) is 0 Å². The van der Waals surface area contributed by atoms with Crippen LogP contribution in [0.1, 0.15) is 5.56 Å². The molecule has 33 heavy (non-hydrogen) atoms. The van der Waals surface area contributed by atoms with E-state index in [1.165, 1.54) is 64.4 Å². The average Bonchev–Trinajstić information content (AvgIpc) is 3.39. The highest BCUT2D eigenvalue weighted by atomic mass is 32.1. The lowest BCUT2D eigenvalue weighted by Gasteiger charge is -2.09. The van der Waals surface area contributed by atoms with Crippen molar-refractivity contribution in [3.63, 3.8) is 0 Å². The van der Waals surface area contributed by atoms with E-state index in [1.54, 1.807) is 0 Å². The summed E-state index contributed by atoms with van der Waals surface area (Å²) in [5.74, 6) is 0. The summed E-state index contributed by atoms with van der Waals surface area (Å²) in [5, 5.41) is 5.28. The largest absolute Gasteiger partial charge is 0.309 e. The zero-order valence-electron chi connectivity index (χ0n) is 18.2. The Morgan fingerprint density at radius 2 is 1.33 bits per heavy atom. The number of para-hydroxylation sites is 1. The van der Waals surface area contributed by atoms with Gasteiger partial charge in [0.05, 0.1) is 11.0 Å². The molecule has 0 unspecified atom stereocenters. The molecule has 7 rings (SSSR count). The summed E-state index contributed by atoms with van der Waals surface area (Å²) >= 11 is 1.88. The minimum Gasteiger partial charge on any atom is -0.309 e. The number of fused-ring (bicyclic) bond motifs is 6. The fourth-order valence-corrected chi connectivity index (χ4v) is 6.20. The van der Waals surface area contributed by atoms with E-state index in [9.17, 15) is 0 Å². The summed E-state index contributed by atoms with van der Waals surface area (Å²) in [6.45, 7) is 2.17. The van der Waals surface area contributed by atoms with Crippen LogP contribution in [0.15, 0.2) is 109 Å². The predicted molar refractivity (Wildman–Crippen MR) is 144 cm³/mol. The quantitative estimate of drug-likeness (QED) is 0.253. The standard InChI is InChI=1S/C31H21NS/c1-20-11-16-30-27(17-20)25-14-13-23(19-31(25)33-30)32-28-10-6-5-9-24(28)26-18-22(12-15-29(26)32)21-7-3-2-4-8-21/h2-19H,1H3. The minimum atomic E-state index is 1.21. The molecule has 2 aromatic heterocycles. The van der Waals surface area contributed by atoms with Gasteiger partial charge in [-0.05, 0) is 60.5 Å². The Kier molecular flexibility index (Phi) is 3.99. The number of thiophene rings is 1. The summed E-state index contributed by atoms with van der Waals surface area (Å²) in [4.78, 5) is 0. The molecule has 2 heteroatoms. The second kappa shape index (κ2) is 7.06. The van der Waals surface area contributed by atoms with Crippen LogP contribution in [-0.2, 0) is 0 Å². The lowest BCUT2D eigenvalue weighted by molar-refractivity contribution is 1.19. The maximum absolute atomic E-state index is 2.41. The topological polar surface area (TPSA) is 4.93 Å². The van der Waals surface area contributed by atoms with Crippen molar-refractivity contribution in [1.82, 2.24) is 4.57 Å². The molecule has 0 fully saturated rings. The lowest BCUT2D eigenvalue weighted by Crippen LogP contribution is -1.93. The van der Waals surface area contributed by atoms with E-state index >= 15 is 0 Å². The number of nitrogens with zero attached hydrogens (tertiary/aromatic N) is 1. The van der Waals surface area contributed by atoms with E-state index in [0.717, 1.165) is 0 Å². The van der Waals surface area contributed by atoms with Gasteiger partial charge >= 0.3 is 0 Å². The van der Waals surface area contributed by atoms with Crippen molar-refractivity contribution in [2.45, 2.75) is 6.92 Å². The van der Waals surface area contributed by atoms with Gasteiger partial charge in [-0.25, -0.2) is 0 Å². The predicted octanol–water partition coefficient (Wildman–Crippen LogP) is 9.13. The van der Waals surface area contributed by atoms with Crippen molar-refractivity contribution in [1.29, 1.82) is 0 Å². The zero-order chi connectivity index (χ0) is 21.9. The highest BCUT2D eigenvalue weighted by Gasteiger charge is 2.14. The molecule has 7 aromatic rings. The first kappa shape index (κ1) is 18.7. The summed E-state index contributed by atoms with van der Waals surface area (Å²) in [7, 11) is 0. The first-order valence-electron chi connectivity index (χ1n) is 11.3. The second-order valence-electron chi connectivity index (χ2n) is 8.73. The van der Waals surface area contributed by atoms with Gasteiger partial charge in [0.15, 0.2) is 0 Å². The van der Waals surface area contributed by atoms with Gasteiger partial charge in [0.1, 0.15) is 0 Å². The van der Waals surface area contributed by atoms with E-state index in [2.05, 4.69) is 121 Å². The van der Waals surface area contributed by atoms with Crippen molar-refractivity contribution < 1.29 is 0 Å². The van der Waals surface area contributed by atoms with E-state index in [1.807, 2.05) is 11.3 Å². The molecule has 0 aliphatic heterocycles. The number of rotatable bonds is 2. The highest BCUT2D eigenvalue weighted by Crippen LogP contribution is 2.38. The van der Waals surface area contributed by atoms with Crippen LogP contribution in [-0.4, -0.2) is 4.57 Å². The van der Waals surface area contributed by atoms with Crippen molar-refractivity contribution in [3.8, 4) is 16.8 Å². The number of hydrogen-bond donors (Lipinski definition) is 0. The third kappa shape index (κ3) is 2.84. The van der Waals surface area contributed by atoms with Crippen LogP contribution >= 0.6 is 11.3 Å². The average molecular weight is 440 g/mol. The van der Waals surface area contributed by atoms with Crippen molar-refractivity contribution in [2.24, 2.45) is 0 Å². The summed E-state index contributed by atoms with van der Waals surface area (Å²) in [6, 6.07) is 39.9. The number of benzene rings is 5. The third-order valence-electron chi connectivity index (χ3n) is 6.65. The van der Waals surface area contributed by atoms with E-state index in [-0.39, 0.29) is 0 Å². The Balaban J connectivity index is 1.50. The Hall–Kier alpha value is -3.88. The molecule has 0 atom stereocenters. The second-order valence-corrected chi connectivity index (χ2v) is 9.82. The molecule has 0 aliphatic carbocycles. The zero-order valence-corrected chi connectivity index (χ0v) is 19.1. The van der Waals surface area contributed by atoms with Crippen LogP contribution in [0.4, 0.5) is 0 Å². The van der Waals surface area contributed by atoms with Crippen LogP contribution in [0.25, 0.3) is 58.8 Å². The molecule has 156 valence electrons. The molecule has 0 saturated heterocycles. The summed E-state index contributed by atoms with van der Waals surface area (Å²) in [6.07, 6.45) is 0. The molecule has 0 aliphatic rings. The maximum Gasteiger partial charge on any atom is 0.0541 e. The normalized spacial score (nSPS) is 11.8. The molecular weight excluding hydrogens is 418 g/mol. The molecule has 1 nitrogen and oxygen atoms in total. The van der Waals surface area contributed by atoms with Crippen LogP contribution in [0, 0.1) is 6.92 Å². The van der Waals surface area contributed by atoms with Gasteiger partial charge in [-0.1, -0.05) is 72.3 Å². The van der Waals surface area contributed by atoms with Gasteiger partial charge in [0.2, 0.25) is 0 Å².